The molecule has 2 aromatic rings. The first-order valence-corrected chi connectivity index (χ1v) is 9.23. The SMILES string of the molecule is O=C1S[C@H](Nc2ccccc2)C(=O)N1CCN1C(=O)c2ccccc2C1=O. The number of amides is 4. The number of nitrogens with one attached hydrogen (secondary N) is 1. The van der Waals surface area contributed by atoms with Gasteiger partial charge in [0.15, 0.2) is 5.37 Å². The molecule has 1 fully saturated rings. The molecule has 136 valence electrons. The van der Waals surface area contributed by atoms with Crippen LogP contribution in [0.25, 0.3) is 0 Å². The lowest BCUT2D eigenvalue weighted by Crippen LogP contribution is -2.41. The van der Waals surface area contributed by atoms with Crippen molar-refractivity contribution in [2.45, 2.75) is 5.37 Å². The second-order valence-electron chi connectivity index (χ2n) is 6.07. The molecule has 0 aromatic heterocycles. The fraction of sp³-hybridized carbons (Fsp3) is 0.158. The summed E-state index contributed by atoms with van der Waals surface area (Å²) in [5.74, 6) is -1.19. The van der Waals surface area contributed by atoms with Gasteiger partial charge in [0.1, 0.15) is 0 Å². The molecule has 0 spiro atoms. The van der Waals surface area contributed by atoms with Gasteiger partial charge in [0, 0.05) is 18.8 Å². The number of thioether (sulfide) groups is 1. The van der Waals surface area contributed by atoms with Gasteiger partial charge in [0.2, 0.25) is 0 Å². The molecule has 0 bridgehead atoms. The summed E-state index contributed by atoms with van der Waals surface area (Å²) in [6.07, 6.45) is 0. The van der Waals surface area contributed by atoms with E-state index in [9.17, 15) is 19.2 Å². The Kier molecular flexibility index (Phi) is 4.41. The van der Waals surface area contributed by atoms with Crippen LogP contribution in [0.4, 0.5) is 10.5 Å². The van der Waals surface area contributed by atoms with Gasteiger partial charge in [-0.1, -0.05) is 30.3 Å². The number of carbonyl (C=O) groups excluding carboxylic acids is 4. The minimum Gasteiger partial charge on any atom is -0.365 e. The Hall–Kier alpha value is -3.13. The molecule has 7 nitrogen and oxygen atoms in total. The van der Waals surface area contributed by atoms with Crippen molar-refractivity contribution in [1.29, 1.82) is 0 Å². The van der Waals surface area contributed by atoms with Gasteiger partial charge in [0.05, 0.1) is 11.1 Å². The van der Waals surface area contributed by atoms with Gasteiger partial charge in [-0.2, -0.15) is 0 Å². The molecule has 2 heterocycles. The van der Waals surface area contributed by atoms with Crippen molar-refractivity contribution in [3.63, 3.8) is 0 Å². The Balaban J connectivity index is 1.42. The fourth-order valence-electron chi connectivity index (χ4n) is 3.07. The maximum Gasteiger partial charge on any atom is 0.290 e. The first-order chi connectivity index (χ1) is 13.1. The van der Waals surface area contributed by atoms with Crippen LogP contribution in [0.3, 0.4) is 0 Å². The van der Waals surface area contributed by atoms with Crippen LogP contribution in [0.2, 0.25) is 0 Å². The average Bonchev–Trinajstić information content (AvgIpc) is 3.08. The number of carbonyl (C=O) groups is 4. The number of para-hydroxylation sites is 1. The Morgan fingerprint density at radius 1 is 0.778 bits per heavy atom. The Labute approximate surface area is 159 Å². The van der Waals surface area contributed by atoms with Gasteiger partial charge in [-0.25, -0.2) is 0 Å². The van der Waals surface area contributed by atoms with Gasteiger partial charge in [-0.05, 0) is 36.0 Å². The number of hydrogen-bond acceptors (Lipinski definition) is 6. The monoisotopic (exact) mass is 381 g/mol. The second kappa shape index (κ2) is 6.88. The molecule has 4 amide bonds. The van der Waals surface area contributed by atoms with Gasteiger partial charge in [-0.15, -0.1) is 0 Å². The smallest absolute Gasteiger partial charge is 0.290 e. The number of benzene rings is 2. The summed E-state index contributed by atoms with van der Waals surface area (Å²) in [6.45, 7) is -0.0501. The highest BCUT2D eigenvalue weighted by Crippen LogP contribution is 2.29. The van der Waals surface area contributed by atoms with Crippen LogP contribution in [-0.4, -0.2) is 51.2 Å². The quantitative estimate of drug-likeness (QED) is 0.801. The first-order valence-electron chi connectivity index (χ1n) is 8.35. The highest BCUT2D eigenvalue weighted by molar-refractivity contribution is 8.15. The summed E-state index contributed by atoms with van der Waals surface area (Å²) in [6, 6.07) is 15.7. The second-order valence-corrected chi connectivity index (χ2v) is 7.13. The van der Waals surface area contributed by atoms with Crippen molar-refractivity contribution in [2.75, 3.05) is 18.4 Å². The lowest BCUT2D eigenvalue weighted by atomic mass is 10.1. The number of nitrogens with zero attached hydrogens (tertiary/aromatic N) is 2. The summed E-state index contributed by atoms with van der Waals surface area (Å²) in [4.78, 5) is 51.7. The van der Waals surface area contributed by atoms with Crippen molar-refractivity contribution in [3.8, 4) is 0 Å². The van der Waals surface area contributed by atoms with Crippen LogP contribution in [0.1, 0.15) is 20.7 Å². The molecule has 1 atom stereocenters. The third kappa shape index (κ3) is 3.08. The highest BCUT2D eigenvalue weighted by Gasteiger charge is 2.41. The molecule has 27 heavy (non-hydrogen) atoms. The van der Waals surface area contributed by atoms with E-state index >= 15 is 0 Å². The molecule has 8 heteroatoms. The van der Waals surface area contributed by atoms with Crippen LogP contribution in [-0.2, 0) is 4.79 Å². The topological polar surface area (TPSA) is 86.8 Å². The van der Waals surface area contributed by atoms with Crippen molar-refractivity contribution < 1.29 is 19.2 Å². The summed E-state index contributed by atoms with van der Waals surface area (Å²) >= 11 is 0.886. The van der Waals surface area contributed by atoms with E-state index in [-0.39, 0.29) is 19.0 Å². The largest absolute Gasteiger partial charge is 0.365 e. The molecular weight excluding hydrogens is 366 g/mol. The lowest BCUT2D eigenvalue weighted by molar-refractivity contribution is -0.126. The molecule has 2 aliphatic rings. The Morgan fingerprint density at radius 3 is 1.96 bits per heavy atom. The number of rotatable bonds is 5. The maximum atomic E-state index is 12.5. The molecule has 0 saturated carbocycles. The molecule has 0 aliphatic carbocycles. The van der Waals surface area contributed by atoms with E-state index in [4.69, 9.17) is 0 Å². The van der Waals surface area contributed by atoms with Crippen LogP contribution < -0.4 is 5.32 Å². The van der Waals surface area contributed by atoms with Crippen molar-refractivity contribution in [3.05, 3.63) is 65.7 Å². The first kappa shape index (κ1) is 17.3. The molecule has 1 N–H and O–H groups in total. The van der Waals surface area contributed by atoms with E-state index in [1.165, 1.54) is 0 Å². The highest BCUT2D eigenvalue weighted by atomic mass is 32.2. The Bertz CT molecular complexity index is 912. The summed E-state index contributed by atoms with van der Waals surface area (Å²) in [7, 11) is 0. The predicted octanol–water partition coefficient (Wildman–Crippen LogP) is 2.42. The van der Waals surface area contributed by atoms with Gasteiger partial charge in [-0.3, -0.25) is 29.0 Å². The van der Waals surface area contributed by atoms with E-state index in [0.29, 0.717) is 11.1 Å². The number of hydrogen-bond donors (Lipinski definition) is 1. The van der Waals surface area contributed by atoms with Crippen LogP contribution in [0.15, 0.2) is 54.6 Å². The van der Waals surface area contributed by atoms with Crippen molar-refractivity contribution in [1.82, 2.24) is 9.80 Å². The average molecular weight is 381 g/mol. The van der Waals surface area contributed by atoms with Crippen molar-refractivity contribution >= 4 is 40.4 Å². The van der Waals surface area contributed by atoms with E-state index in [2.05, 4.69) is 5.32 Å². The van der Waals surface area contributed by atoms with E-state index in [1.807, 2.05) is 18.2 Å². The third-order valence-corrected chi connectivity index (χ3v) is 5.40. The summed E-state index contributed by atoms with van der Waals surface area (Å²) in [5, 5.41) is 1.90. The van der Waals surface area contributed by atoms with E-state index < -0.39 is 22.4 Å². The number of anilines is 1. The summed E-state index contributed by atoms with van der Waals surface area (Å²) < 4.78 is 0. The zero-order valence-electron chi connectivity index (χ0n) is 14.1. The zero-order valence-corrected chi connectivity index (χ0v) is 14.9. The molecular formula is C19H15N3O4S. The van der Waals surface area contributed by atoms with Gasteiger partial charge in [0.25, 0.3) is 23.0 Å². The lowest BCUT2D eigenvalue weighted by Gasteiger charge is -2.19. The van der Waals surface area contributed by atoms with Gasteiger partial charge >= 0.3 is 0 Å². The maximum absolute atomic E-state index is 12.5. The molecule has 0 unspecified atom stereocenters. The van der Waals surface area contributed by atoms with Crippen molar-refractivity contribution in [2.24, 2.45) is 0 Å². The number of imide groups is 2. The zero-order chi connectivity index (χ0) is 19.0. The molecule has 2 aliphatic heterocycles. The molecule has 2 aromatic carbocycles. The summed E-state index contributed by atoms with van der Waals surface area (Å²) in [5.41, 5.74) is 1.43. The predicted molar refractivity (Wildman–Crippen MR) is 100 cm³/mol. The molecule has 1 saturated heterocycles. The standard InChI is InChI=1S/C19H15N3O4S/c23-16-13-8-4-5-9-14(13)17(24)21(16)10-11-22-18(25)15(27-19(22)26)20-12-6-2-1-3-7-12/h1-9,15,20H,10-11H2/t15-/m0/s1. The molecule has 4 rings (SSSR count). The van der Waals surface area contributed by atoms with E-state index in [1.54, 1.807) is 36.4 Å². The normalized spacial score (nSPS) is 19.0. The number of fused-ring (bicyclic) bond motifs is 1. The minimum atomic E-state index is -0.720. The van der Waals surface area contributed by atoms with Crippen LogP contribution in [0, 0.1) is 0 Å². The molecule has 0 radical (unpaired) electrons. The minimum absolute atomic E-state index is 0.0247. The van der Waals surface area contributed by atoms with Gasteiger partial charge < -0.3 is 5.32 Å². The van der Waals surface area contributed by atoms with E-state index in [0.717, 1.165) is 27.2 Å². The van der Waals surface area contributed by atoms with Crippen LogP contribution in [0.5, 0.6) is 0 Å². The van der Waals surface area contributed by atoms with Crippen LogP contribution >= 0.6 is 11.8 Å². The Morgan fingerprint density at radius 2 is 1.33 bits per heavy atom. The third-order valence-electron chi connectivity index (χ3n) is 4.43. The fourth-order valence-corrected chi connectivity index (χ4v) is 4.00.